The van der Waals surface area contributed by atoms with Gasteiger partial charge in [-0.15, -0.1) is 12.4 Å². The van der Waals surface area contributed by atoms with Gasteiger partial charge in [0.05, 0.1) is 6.10 Å². The smallest absolute Gasteiger partial charge is 0.248 e. The highest BCUT2D eigenvalue weighted by Gasteiger charge is 2.55. The van der Waals surface area contributed by atoms with E-state index in [-0.39, 0.29) is 30.1 Å². The van der Waals surface area contributed by atoms with Gasteiger partial charge in [-0.3, -0.25) is 14.5 Å². The quantitative estimate of drug-likeness (QED) is 0.525. The summed E-state index contributed by atoms with van der Waals surface area (Å²) in [6.07, 6.45) is 7.60. The molecule has 36 heavy (non-hydrogen) atoms. The van der Waals surface area contributed by atoms with Gasteiger partial charge in [-0.25, -0.2) is 0 Å². The fourth-order valence-electron chi connectivity index (χ4n) is 6.30. The maximum atomic E-state index is 13.7. The van der Waals surface area contributed by atoms with Gasteiger partial charge in [-0.1, -0.05) is 70.7 Å². The van der Waals surface area contributed by atoms with Crippen molar-refractivity contribution in [2.75, 3.05) is 19.6 Å². The molecule has 1 saturated carbocycles. The van der Waals surface area contributed by atoms with Crippen LogP contribution in [-0.2, 0) is 16.1 Å². The van der Waals surface area contributed by atoms with Crippen molar-refractivity contribution in [3.8, 4) is 0 Å². The van der Waals surface area contributed by atoms with Crippen molar-refractivity contribution in [1.82, 2.24) is 15.1 Å². The summed E-state index contributed by atoms with van der Waals surface area (Å²) in [4.78, 5) is 31.6. The predicted octanol–water partition coefficient (Wildman–Crippen LogP) is 4.63. The van der Waals surface area contributed by atoms with E-state index in [4.69, 9.17) is 0 Å². The van der Waals surface area contributed by atoms with Crippen molar-refractivity contribution in [3.05, 3.63) is 35.4 Å². The Morgan fingerprint density at radius 2 is 1.69 bits per heavy atom. The van der Waals surface area contributed by atoms with Gasteiger partial charge in [0.2, 0.25) is 11.8 Å². The maximum absolute atomic E-state index is 13.7. The third kappa shape index (κ3) is 6.08. The van der Waals surface area contributed by atoms with Gasteiger partial charge in [0, 0.05) is 26.2 Å². The second-order valence-electron chi connectivity index (χ2n) is 11.4. The molecule has 3 fully saturated rings. The summed E-state index contributed by atoms with van der Waals surface area (Å²) in [5.74, 6) is 0.489. The number of aliphatic hydroxyl groups is 1. The third-order valence-electron chi connectivity index (χ3n) is 8.70. The predicted molar refractivity (Wildman–Crippen MR) is 146 cm³/mol. The van der Waals surface area contributed by atoms with E-state index in [1.54, 1.807) is 0 Å². The topological polar surface area (TPSA) is 72.9 Å². The Bertz CT molecular complexity index is 861. The average Bonchev–Trinajstić information content (AvgIpc) is 2.88. The van der Waals surface area contributed by atoms with Crippen LogP contribution in [0.4, 0.5) is 0 Å². The molecule has 7 heteroatoms. The molecule has 2 saturated heterocycles. The van der Waals surface area contributed by atoms with Crippen molar-refractivity contribution in [2.24, 2.45) is 5.92 Å². The van der Waals surface area contributed by atoms with Crippen molar-refractivity contribution in [2.45, 2.75) is 109 Å². The number of piperidine rings is 1. The van der Waals surface area contributed by atoms with Crippen molar-refractivity contribution in [3.63, 3.8) is 0 Å². The van der Waals surface area contributed by atoms with Crippen LogP contribution in [0.3, 0.4) is 0 Å². The van der Waals surface area contributed by atoms with E-state index in [9.17, 15) is 14.7 Å². The summed E-state index contributed by atoms with van der Waals surface area (Å²) < 4.78 is 0. The molecule has 3 aliphatic rings. The fraction of sp³-hybridized carbons (Fsp3) is 0.724. The Labute approximate surface area is 223 Å². The molecule has 0 aromatic heterocycles. The van der Waals surface area contributed by atoms with E-state index >= 15 is 0 Å². The number of hydrogen-bond donors (Lipinski definition) is 2. The van der Waals surface area contributed by atoms with E-state index in [2.05, 4.69) is 55.3 Å². The number of nitrogens with one attached hydrogen (secondary N) is 1. The lowest BCUT2D eigenvalue weighted by molar-refractivity contribution is -0.166. The maximum Gasteiger partial charge on any atom is 0.248 e. The first kappa shape index (κ1) is 28.9. The molecular formula is C29H46ClN3O3. The Morgan fingerprint density at radius 3 is 2.28 bits per heavy atom. The number of piperazine rings is 1. The second kappa shape index (κ2) is 12.7. The minimum atomic E-state index is -0.800. The number of unbranched alkanes of at least 4 members (excludes halogenated alkanes) is 1. The standard InChI is InChI=1S/C29H45N3O3.ClH/c1-4-5-17-32-27(34)25(26(33)24-9-7-6-8-10-24)30-28(35)29(32)15-18-31(19-16-29)20-22-11-13-23(14-12-22)21(2)3;/h11-14,21,24-26,33H,4-10,15-20H2,1-3H3,(H,30,35);1H/t25-,26-;/m1./s1. The number of halogens is 1. The molecule has 6 nitrogen and oxygen atoms in total. The van der Waals surface area contributed by atoms with E-state index in [1.165, 1.54) is 17.5 Å². The van der Waals surface area contributed by atoms with Crippen LogP contribution in [0.1, 0.15) is 95.6 Å². The molecule has 1 aliphatic carbocycles. The summed E-state index contributed by atoms with van der Waals surface area (Å²) in [6, 6.07) is 8.04. The normalized spacial score (nSPS) is 24.0. The third-order valence-corrected chi connectivity index (χ3v) is 8.70. The molecule has 0 bridgehead atoms. The molecular weight excluding hydrogens is 474 g/mol. The number of nitrogens with zero attached hydrogens (tertiary/aromatic N) is 2. The highest BCUT2D eigenvalue weighted by Crippen LogP contribution is 2.36. The molecule has 1 aromatic rings. The fourth-order valence-corrected chi connectivity index (χ4v) is 6.30. The minimum Gasteiger partial charge on any atom is -0.390 e. The summed E-state index contributed by atoms with van der Waals surface area (Å²) in [7, 11) is 0. The average molecular weight is 520 g/mol. The lowest BCUT2D eigenvalue weighted by atomic mass is 9.78. The van der Waals surface area contributed by atoms with E-state index < -0.39 is 17.7 Å². The van der Waals surface area contributed by atoms with Crippen molar-refractivity contribution in [1.29, 1.82) is 0 Å². The monoisotopic (exact) mass is 519 g/mol. The van der Waals surface area contributed by atoms with Crippen LogP contribution in [0, 0.1) is 5.92 Å². The van der Waals surface area contributed by atoms with Gasteiger partial charge in [0.25, 0.3) is 0 Å². The first-order valence-electron chi connectivity index (χ1n) is 14.0. The molecule has 0 radical (unpaired) electrons. The van der Waals surface area contributed by atoms with Crippen molar-refractivity contribution >= 4 is 24.2 Å². The molecule has 2 atom stereocenters. The zero-order chi connectivity index (χ0) is 25.0. The Morgan fingerprint density at radius 1 is 1.06 bits per heavy atom. The van der Waals surface area contributed by atoms with E-state index in [0.717, 1.165) is 58.2 Å². The van der Waals surface area contributed by atoms with Crippen LogP contribution in [0.15, 0.2) is 24.3 Å². The van der Waals surface area contributed by atoms with Crippen LogP contribution < -0.4 is 5.32 Å². The summed E-state index contributed by atoms with van der Waals surface area (Å²) in [5, 5.41) is 14.1. The Hall–Kier alpha value is -1.63. The molecule has 2 amide bonds. The first-order valence-corrected chi connectivity index (χ1v) is 14.0. The molecule has 2 heterocycles. The summed E-state index contributed by atoms with van der Waals surface area (Å²) in [5.41, 5.74) is 1.85. The van der Waals surface area contributed by atoms with Gasteiger partial charge < -0.3 is 15.3 Å². The van der Waals surface area contributed by atoms with Crippen LogP contribution in [0.5, 0.6) is 0 Å². The highest BCUT2D eigenvalue weighted by molar-refractivity contribution is 6.00. The van der Waals surface area contributed by atoms with Gasteiger partial charge in [-0.2, -0.15) is 0 Å². The SMILES string of the molecule is CCCCN1C(=O)[C@@H]([C@H](O)C2CCCCC2)NC(=O)C12CCN(Cc1ccc(C(C)C)cc1)CC2.Cl. The number of benzene rings is 1. The lowest BCUT2D eigenvalue weighted by Crippen LogP contribution is -2.75. The summed E-state index contributed by atoms with van der Waals surface area (Å²) >= 11 is 0. The summed E-state index contributed by atoms with van der Waals surface area (Å²) in [6.45, 7) is 9.55. The van der Waals surface area contributed by atoms with E-state index in [0.29, 0.717) is 25.3 Å². The Balaban J connectivity index is 0.00000361. The molecule has 2 aliphatic heterocycles. The van der Waals surface area contributed by atoms with Crippen LogP contribution >= 0.6 is 12.4 Å². The largest absolute Gasteiger partial charge is 0.390 e. The number of amides is 2. The number of carbonyl (C=O) groups excluding carboxylic acids is 2. The second-order valence-corrected chi connectivity index (χ2v) is 11.4. The van der Waals surface area contributed by atoms with Crippen LogP contribution in [-0.4, -0.2) is 64.0 Å². The number of carbonyl (C=O) groups is 2. The Kier molecular flexibility index (Phi) is 10.2. The first-order chi connectivity index (χ1) is 16.9. The lowest BCUT2D eigenvalue weighted by Gasteiger charge is -2.52. The number of likely N-dealkylation sites (tertiary alicyclic amines) is 1. The molecule has 2 N–H and O–H groups in total. The number of rotatable bonds is 8. The van der Waals surface area contributed by atoms with E-state index in [1.807, 2.05) is 4.90 Å². The molecule has 1 spiro atoms. The van der Waals surface area contributed by atoms with Gasteiger partial charge in [-0.05, 0) is 55.1 Å². The molecule has 1 aromatic carbocycles. The molecule has 0 unspecified atom stereocenters. The molecule has 4 rings (SSSR count). The zero-order valence-electron chi connectivity index (χ0n) is 22.4. The number of hydrogen-bond acceptors (Lipinski definition) is 4. The van der Waals surface area contributed by atoms with Gasteiger partial charge in [0.1, 0.15) is 11.6 Å². The number of aliphatic hydroxyl groups excluding tert-OH is 1. The zero-order valence-corrected chi connectivity index (χ0v) is 23.2. The van der Waals surface area contributed by atoms with Crippen LogP contribution in [0.25, 0.3) is 0 Å². The highest BCUT2D eigenvalue weighted by atomic mass is 35.5. The van der Waals surface area contributed by atoms with Crippen molar-refractivity contribution < 1.29 is 14.7 Å². The van der Waals surface area contributed by atoms with Crippen LogP contribution in [0.2, 0.25) is 0 Å². The minimum absolute atomic E-state index is 0. The molecule has 202 valence electrons. The van der Waals surface area contributed by atoms with Gasteiger partial charge in [0.15, 0.2) is 0 Å². The van der Waals surface area contributed by atoms with Gasteiger partial charge >= 0.3 is 0 Å².